The Labute approximate surface area is 87.2 Å². The Hall–Kier alpha value is -1.15. The molecule has 0 aliphatic heterocycles. The van der Waals surface area contributed by atoms with Crippen LogP contribution in [0.4, 0.5) is 4.39 Å². The van der Waals surface area contributed by atoms with Gasteiger partial charge in [0.1, 0.15) is 5.83 Å². The summed E-state index contributed by atoms with van der Waals surface area (Å²) < 4.78 is 12.7. The molecule has 1 nitrogen and oxygen atoms in total. The van der Waals surface area contributed by atoms with Crippen LogP contribution < -0.4 is 0 Å². The van der Waals surface area contributed by atoms with E-state index in [9.17, 15) is 9.18 Å². The van der Waals surface area contributed by atoms with Gasteiger partial charge in [-0.15, -0.1) is 0 Å². The minimum atomic E-state index is -0.454. The lowest BCUT2D eigenvalue weighted by atomic mass is 10.0. The van der Waals surface area contributed by atoms with Crippen molar-refractivity contribution in [2.75, 3.05) is 0 Å². The Morgan fingerprint density at radius 3 is 2.14 bits per heavy atom. The predicted octanol–water partition coefficient (Wildman–Crippen LogP) is 3.79. The van der Waals surface area contributed by atoms with E-state index in [0.29, 0.717) is 10.6 Å². The van der Waals surface area contributed by atoms with Crippen molar-refractivity contribution in [3.05, 3.63) is 46.3 Å². The summed E-state index contributed by atoms with van der Waals surface area (Å²) in [6, 6.07) is 6.37. The highest BCUT2D eigenvalue weighted by molar-refractivity contribution is 6.30. The fourth-order valence-corrected chi connectivity index (χ4v) is 1.10. The molecule has 0 aliphatic rings. The summed E-state index contributed by atoms with van der Waals surface area (Å²) in [6.07, 6.45) is 0. The summed E-state index contributed by atoms with van der Waals surface area (Å²) in [5.41, 5.74) is 0.580. The monoisotopic (exact) mass is 212 g/mol. The third-order valence-electron chi connectivity index (χ3n) is 1.96. The van der Waals surface area contributed by atoms with E-state index in [0.717, 1.165) is 0 Å². The van der Waals surface area contributed by atoms with Crippen LogP contribution in [0.2, 0.25) is 5.02 Å². The molecule has 14 heavy (non-hydrogen) atoms. The topological polar surface area (TPSA) is 17.1 Å². The standard InChI is InChI=1S/C11H10ClFO/c1-7(8(2)13)11(14)9-3-5-10(12)6-4-9/h3-6H,1-2H3/b8-7+. The summed E-state index contributed by atoms with van der Waals surface area (Å²) in [4.78, 5) is 11.6. The van der Waals surface area contributed by atoms with Gasteiger partial charge in [0.2, 0.25) is 0 Å². The number of hydrogen-bond acceptors (Lipinski definition) is 1. The SMILES string of the molecule is C/C(F)=C(/C)C(=O)c1ccc(Cl)cc1. The van der Waals surface area contributed by atoms with Crippen LogP contribution in [0.15, 0.2) is 35.7 Å². The lowest BCUT2D eigenvalue weighted by Gasteiger charge is -2.01. The molecule has 1 aromatic carbocycles. The molecule has 0 aromatic heterocycles. The zero-order valence-electron chi connectivity index (χ0n) is 7.97. The lowest BCUT2D eigenvalue weighted by Crippen LogP contribution is -2.01. The van der Waals surface area contributed by atoms with E-state index in [-0.39, 0.29) is 11.4 Å². The maximum atomic E-state index is 12.7. The second-order valence-corrected chi connectivity index (χ2v) is 3.43. The normalized spacial score (nSPS) is 12.3. The number of rotatable bonds is 2. The molecule has 0 spiro atoms. The number of carbonyl (C=O) groups is 1. The highest BCUT2D eigenvalue weighted by atomic mass is 35.5. The molecule has 0 unspecified atom stereocenters. The van der Waals surface area contributed by atoms with Gasteiger partial charge in [-0.25, -0.2) is 4.39 Å². The van der Waals surface area contributed by atoms with Crippen molar-refractivity contribution in [2.45, 2.75) is 13.8 Å². The van der Waals surface area contributed by atoms with Gasteiger partial charge in [0.25, 0.3) is 0 Å². The van der Waals surface area contributed by atoms with Gasteiger partial charge in [0.15, 0.2) is 5.78 Å². The first-order valence-corrected chi connectivity index (χ1v) is 4.53. The van der Waals surface area contributed by atoms with Gasteiger partial charge < -0.3 is 0 Å². The summed E-state index contributed by atoms with van der Waals surface area (Å²) in [7, 11) is 0. The van der Waals surface area contributed by atoms with Gasteiger partial charge in [-0.05, 0) is 38.1 Å². The summed E-state index contributed by atoms with van der Waals surface area (Å²) in [5, 5.41) is 0.556. The Balaban J connectivity index is 3.02. The van der Waals surface area contributed by atoms with Crippen LogP contribution in [-0.2, 0) is 0 Å². The number of carbonyl (C=O) groups excluding carboxylic acids is 1. The van der Waals surface area contributed by atoms with E-state index >= 15 is 0 Å². The van der Waals surface area contributed by atoms with E-state index in [1.807, 2.05) is 0 Å². The molecule has 0 saturated heterocycles. The van der Waals surface area contributed by atoms with Crippen molar-refractivity contribution in [2.24, 2.45) is 0 Å². The molecule has 1 rings (SSSR count). The molecule has 0 heterocycles. The van der Waals surface area contributed by atoms with Crippen molar-refractivity contribution in [1.29, 1.82) is 0 Å². The van der Waals surface area contributed by atoms with E-state index in [2.05, 4.69) is 0 Å². The second kappa shape index (κ2) is 4.38. The number of hydrogen-bond donors (Lipinski definition) is 0. The molecule has 0 aliphatic carbocycles. The van der Waals surface area contributed by atoms with Crippen LogP contribution in [0.1, 0.15) is 24.2 Å². The molecule has 74 valence electrons. The molecule has 1 aromatic rings. The molecular weight excluding hydrogens is 203 g/mol. The molecule has 0 atom stereocenters. The molecular formula is C11H10ClFO. The number of halogens is 2. The predicted molar refractivity (Wildman–Crippen MR) is 55.3 cm³/mol. The fourth-order valence-electron chi connectivity index (χ4n) is 0.974. The van der Waals surface area contributed by atoms with Crippen molar-refractivity contribution < 1.29 is 9.18 Å². The molecule has 3 heteroatoms. The zero-order chi connectivity index (χ0) is 10.7. The average molecular weight is 213 g/mol. The van der Waals surface area contributed by atoms with E-state index in [1.165, 1.54) is 13.8 Å². The third kappa shape index (κ3) is 2.42. The molecule has 0 bridgehead atoms. The molecule has 0 fully saturated rings. The summed E-state index contributed by atoms with van der Waals surface area (Å²) in [6.45, 7) is 2.73. The number of Topliss-reactive ketones (excluding diaryl/α,β-unsaturated/α-hetero) is 1. The van der Waals surface area contributed by atoms with E-state index < -0.39 is 5.83 Å². The largest absolute Gasteiger partial charge is 0.289 e. The number of benzene rings is 1. The third-order valence-corrected chi connectivity index (χ3v) is 2.22. The molecule has 0 amide bonds. The second-order valence-electron chi connectivity index (χ2n) is 2.99. The van der Waals surface area contributed by atoms with Crippen LogP contribution in [0, 0.1) is 0 Å². The average Bonchev–Trinajstić information content (AvgIpc) is 2.16. The van der Waals surface area contributed by atoms with Crippen LogP contribution >= 0.6 is 11.6 Å². The van der Waals surface area contributed by atoms with Crippen LogP contribution in [0.5, 0.6) is 0 Å². The zero-order valence-corrected chi connectivity index (χ0v) is 8.73. The highest BCUT2D eigenvalue weighted by Crippen LogP contribution is 2.15. The summed E-state index contributed by atoms with van der Waals surface area (Å²) >= 11 is 5.66. The first-order valence-electron chi connectivity index (χ1n) is 4.15. The van der Waals surface area contributed by atoms with Gasteiger partial charge in [0.05, 0.1) is 0 Å². The number of ketones is 1. The smallest absolute Gasteiger partial charge is 0.191 e. The highest BCUT2D eigenvalue weighted by Gasteiger charge is 2.10. The maximum absolute atomic E-state index is 12.7. The van der Waals surface area contributed by atoms with Crippen LogP contribution in [-0.4, -0.2) is 5.78 Å². The molecule has 0 N–H and O–H groups in total. The van der Waals surface area contributed by atoms with Gasteiger partial charge in [-0.1, -0.05) is 11.6 Å². The van der Waals surface area contributed by atoms with Crippen LogP contribution in [0.3, 0.4) is 0 Å². The van der Waals surface area contributed by atoms with Gasteiger partial charge >= 0.3 is 0 Å². The first-order chi connectivity index (χ1) is 6.52. The minimum Gasteiger partial charge on any atom is -0.289 e. The van der Waals surface area contributed by atoms with E-state index in [1.54, 1.807) is 24.3 Å². The van der Waals surface area contributed by atoms with Gasteiger partial charge in [-0.3, -0.25) is 4.79 Å². The van der Waals surface area contributed by atoms with Crippen molar-refractivity contribution in [3.63, 3.8) is 0 Å². The maximum Gasteiger partial charge on any atom is 0.191 e. The lowest BCUT2D eigenvalue weighted by molar-refractivity contribution is 0.103. The molecule has 0 radical (unpaired) electrons. The van der Waals surface area contributed by atoms with Gasteiger partial charge in [-0.2, -0.15) is 0 Å². The Morgan fingerprint density at radius 1 is 1.21 bits per heavy atom. The number of allylic oxidation sites excluding steroid dienone is 2. The minimum absolute atomic E-state index is 0.132. The Kier molecular flexibility index (Phi) is 3.42. The van der Waals surface area contributed by atoms with Crippen molar-refractivity contribution in [3.8, 4) is 0 Å². The Bertz CT molecular complexity index is 375. The van der Waals surface area contributed by atoms with E-state index in [4.69, 9.17) is 11.6 Å². The summed E-state index contributed by atoms with van der Waals surface area (Å²) in [5.74, 6) is -0.758. The van der Waals surface area contributed by atoms with Crippen molar-refractivity contribution >= 4 is 17.4 Å². The fraction of sp³-hybridized carbons (Fsp3) is 0.182. The quantitative estimate of drug-likeness (QED) is 0.539. The van der Waals surface area contributed by atoms with Crippen molar-refractivity contribution in [1.82, 2.24) is 0 Å². The first kappa shape index (κ1) is 10.9. The molecule has 0 saturated carbocycles. The Morgan fingerprint density at radius 2 is 1.71 bits per heavy atom. The van der Waals surface area contributed by atoms with Crippen LogP contribution in [0.25, 0.3) is 0 Å². The van der Waals surface area contributed by atoms with Gasteiger partial charge in [0, 0.05) is 16.2 Å².